The van der Waals surface area contributed by atoms with Crippen molar-refractivity contribution in [3.63, 3.8) is 0 Å². The summed E-state index contributed by atoms with van der Waals surface area (Å²) < 4.78 is 10.8. The number of hydrogen-bond acceptors (Lipinski definition) is 5. The van der Waals surface area contributed by atoms with Gasteiger partial charge in [0.05, 0.1) is 18.4 Å². The lowest BCUT2D eigenvalue weighted by molar-refractivity contribution is 0.107. The predicted octanol–water partition coefficient (Wildman–Crippen LogP) is 2.02. The van der Waals surface area contributed by atoms with Crippen molar-refractivity contribution in [2.75, 3.05) is 39.6 Å². The molecule has 0 aliphatic carbocycles. The molecular formula is C16H27N3O2. The Morgan fingerprint density at radius 3 is 2.86 bits per heavy atom. The molecule has 5 nitrogen and oxygen atoms in total. The quantitative estimate of drug-likeness (QED) is 0.833. The number of hydrogen-bond donors (Lipinski definition) is 1. The summed E-state index contributed by atoms with van der Waals surface area (Å²) in [6.07, 6.45) is 2.46. The third-order valence-electron chi connectivity index (χ3n) is 4.27. The van der Waals surface area contributed by atoms with Gasteiger partial charge in [-0.1, -0.05) is 13.0 Å². The molecule has 5 heteroatoms. The Hall–Kier alpha value is -1.17. The summed E-state index contributed by atoms with van der Waals surface area (Å²) in [7, 11) is 3.53. The van der Waals surface area contributed by atoms with Crippen LogP contribution in [0.15, 0.2) is 12.1 Å². The number of nitrogens with zero attached hydrogens (tertiary/aromatic N) is 2. The van der Waals surface area contributed by atoms with E-state index in [1.54, 1.807) is 14.2 Å². The van der Waals surface area contributed by atoms with Crippen LogP contribution in [0.4, 0.5) is 5.82 Å². The summed E-state index contributed by atoms with van der Waals surface area (Å²) in [5.41, 5.74) is 8.22. The number of nitrogen functional groups attached to an aromatic ring is 1. The van der Waals surface area contributed by atoms with Crippen LogP contribution in [0.3, 0.4) is 0 Å². The van der Waals surface area contributed by atoms with Crippen molar-refractivity contribution in [2.45, 2.75) is 38.3 Å². The molecule has 2 heterocycles. The Bertz CT molecular complexity index is 453. The fourth-order valence-electron chi connectivity index (χ4n) is 3.00. The first-order valence-corrected chi connectivity index (χ1v) is 7.67. The highest BCUT2D eigenvalue weighted by atomic mass is 16.5. The molecule has 0 saturated carbocycles. The molecule has 118 valence electrons. The van der Waals surface area contributed by atoms with Crippen molar-refractivity contribution in [1.29, 1.82) is 0 Å². The minimum absolute atomic E-state index is 0.343. The third kappa shape index (κ3) is 4.15. The molecule has 2 unspecified atom stereocenters. The van der Waals surface area contributed by atoms with E-state index in [9.17, 15) is 0 Å². The van der Waals surface area contributed by atoms with Crippen LogP contribution >= 0.6 is 0 Å². The molecule has 0 bridgehead atoms. The second kappa shape index (κ2) is 7.73. The second-order valence-corrected chi connectivity index (χ2v) is 5.71. The van der Waals surface area contributed by atoms with Crippen LogP contribution in [0.2, 0.25) is 0 Å². The van der Waals surface area contributed by atoms with Crippen LogP contribution in [-0.2, 0) is 16.0 Å². The number of rotatable bonds is 7. The maximum Gasteiger partial charge on any atom is 0.123 e. The number of ether oxygens (including phenoxy) is 2. The summed E-state index contributed by atoms with van der Waals surface area (Å²) >= 11 is 0. The highest BCUT2D eigenvalue weighted by Crippen LogP contribution is 2.26. The van der Waals surface area contributed by atoms with E-state index in [1.165, 1.54) is 5.56 Å². The molecule has 1 aliphatic rings. The van der Waals surface area contributed by atoms with Crippen LogP contribution in [0.1, 0.15) is 36.9 Å². The Kier molecular flexibility index (Phi) is 5.96. The number of aromatic nitrogens is 1. The molecule has 1 aromatic heterocycles. The summed E-state index contributed by atoms with van der Waals surface area (Å²) in [5, 5.41) is 0. The van der Waals surface area contributed by atoms with Gasteiger partial charge >= 0.3 is 0 Å². The van der Waals surface area contributed by atoms with E-state index in [4.69, 9.17) is 15.2 Å². The molecule has 21 heavy (non-hydrogen) atoms. The Morgan fingerprint density at radius 1 is 1.43 bits per heavy atom. The SMILES string of the molecule is CCC(COC)c1ccc(N)nc1CN1CCC(OC)C1. The lowest BCUT2D eigenvalue weighted by Gasteiger charge is -2.21. The largest absolute Gasteiger partial charge is 0.384 e. The minimum atomic E-state index is 0.343. The van der Waals surface area contributed by atoms with Crippen molar-refractivity contribution < 1.29 is 9.47 Å². The molecule has 1 saturated heterocycles. The average Bonchev–Trinajstić information content (AvgIpc) is 2.93. The zero-order valence-electron chi connectivity index (χ0n) is 13.3. The predicted molar refractivity (Wildman–Crippen MR) is 84.2 cm³/mol. The van der Waals surface area contributed by atoms with E-state index < -0.39 is 0 Å². The normalized spacial score (nSPS) is 20.8. The van der Waals surface area contributed by atoms with Gasteiger partial charge in [-0.05, 0) is 24.5 Å². The van der Waals surface area contributed by atoms with Gasteiger partial charge in [0.15, 0.2) is 0 Å². The Labute approximate surface area is 127 Å². The highest BCUT2D eigenvalue weighted by Gasteiger charge is 2.24. The highest BCUT2D eigenvalue weighted by molar-refractivity contribution is 5.36. The van der Waals surface area contributed by atoms with Crippen molar-refractivity contribution in [3.05, 3.63) is 23.4 Å². The van der Waals surface area contributed by atoms with Crippen molar-refractivity contribution in [2.24, 2.45) is 0 Å². The minimum Gasteiger partial charge on any atom is -0.384 e. The standard InChI is InChI=1S/C16H27N3O2/c1-4-12(11-20-2)14-5-6-16(17)18-15(14)10-19-8-7-13(9-19)21-3/h5-6,12-13H,4,7-11H2,1-3H3,(H2,17,18). The summed E-state index contributed by atoms with van der Waals surface area (Å²) in [4.78, 5) is 6.97. The molecule has 2 atom stereocenters. The van der Waals surface area contributed by atoms with Gasteiger partial charge in [-0.15, -0.1) is 0 Å². The van der Waals surface area contributed by atoms with E-state index in [-0.39, 0.29) is 0 Å². The molecule has 1 fully saturated rings. The van der Waals surface area contributed by atoms with Crippen LogP contribution < -0.4 is 5.73 Å². The van der Waals surface area contributed by atoms with Gasteiger partial charge in [-0.25, -0.2) is 4.98 Å². The molecule has 0 amide bonds. The zero-order chi connectivity index (χ0) is 15.2. The number of anilines is 1. The van der Waals surface area contributed by atoms with Gasteiger partial charge in [0.2, 0.25) is 0 Å². The lowest BCUT2D eigenvalue weighted by atomic mass is 9.95. The molecule has 2 rings (SSSR count). The van der Waals surface area contributed by atoms with E-state index in [0.717, 1.165) is 44.8 Å². The number of likely N-dealkylation sites (tertiary alicyclic amines) is 1. The number of nitrogens with two attached hydrogens (primary N) is 1. The molecule has 0 radical (unpaired) electrons. The fourth-order valence-corrected chi connectivity index (χ4v) is 3.00. The lowest BCUT2D eigenvalue weighted by Crippen LogP contribution is -2.24. The van der Waals surface area contributed by atoms with Gasteiger partial charge in [0, 0.05) is 39.8 Å². The van der Waals surface area contributed by atoms with E-state index >= 15 is 0 Å². The van der Waals surface area contributed by atoms with Crippen LogP contribution in [-0.4, -0.2) is 49.9 Å². The van der Waals surface area contributed by atoms with Gasteiger partial charge in [0.25, 0.3) is 0 Å². The molecule has 1 aromatic rings. The number of pyridine rings is 1. The van der Waals surface area contributed by atoms with E-state index in [2.05, 4.69) is 22.9 Å². The first kappa shape index (κ1) is 16.2. The monoisotopic (exact) mass is 293 g/mol. The smallest absolute Gasteiger partial charge is 0.123 e. The third-order valence-corrected chi connectivity index (χ3v) is 4.27. The summed E-state index contributed by atoms with van der Waals surface area (Å²) in [5.74, 6) is 0.961. The number of methoxy groups -OCH3 is 2. The Balaban J connectivity index is 2.15. The topological polar surface area (TPSA) is 60.6 Å². The second-order valence-electron chi connectivity index (χ2n) is 5.71. The first-order chi connectivity index (χ1) is 10.2. The van der Waals surface area contributed by atoms with E-state index in [0.29, 0.717) is 17.8 Å². The summed E-state index contributed by atoms with van der Waals surface area (Å²) in [6.45, 7) is 5.75. The van der Waals surface area contributed by atoms with Crippen molar-refractivity contribution in [3.8, 4) is 0 Å². The van der Waals surface area contributed by atoms with Gasteiger partial charge in [-0.2, -0.15) is 0 Å². The van der Waals surface area contributed by atoms with Gasteiger partial charge in [0.1, 0.15) is 5.82 Å². The fraction of sp³-hybridized carbons (Fsp3) is 0.688. The molecular weight excluding hydrogens is 266 g/mol. The zero-order valence-corrected chi connectivity index (χ0v) is 13.3. The van der Waals surface area contributed by atoms with Crippen LogP contribution in [0, 0.1) is 0 Å². The average molecular weight is 293 g/mol. The maximum atomic E-state index is 5.89. The van der Waals surface area contributed by atoms with Crippen molar-refractivity contribution >= 4 is 5.82 Å². The molecule has 1 aliphatic heterocycles. The summed E-state index contributed by atoms with van der Waals surface area (Å²) in [6, 6.07) is 3.99. The van der Waals surface area contributed by atoms with E-state index in [1.807, 2.05) is 6.07 Å². The first-order valence-electron chi connectivity index (χ1n) is 7.67. The maximum absolute atomic E-state index is 5.89. The van der Waals surface area contributed by atoms with Gasteiger partial charge < -0.3 is 15.2 Å². The molecule has 0 spiro atoms. The Morgan fingerprint density at radius 2 is 2.24 bits per heavy atom. The van der Waals surface area contributed by atoms with Gasteiger partial charge in [-0.3, -0.25) is 4.90 Å². The van der Waals surface area contributed by atoms with Crippen LogP contribution in [0.25, 0.3) is 0 Å². The van der Waals surface area contributed by atoms with Crippen LogP contribution in [0.5, 0.6) is 0 Å². The van der Waals surface area contributed by atoms with Crippen molar-refractivity contribution in [1.82, 2.24) is 9.88 Å². The molecule has 0 aromatic carbocycles. The molecule has 2 N–H and O–H groups in total.